The van der Waals surface area contributed by atoms with Crippen LogP contribution in [0.3, 0.4) is 0 Å². The molecule has 0 aliphatic carbocycles. The van der Waals surface area contributed by atoms with Gasteiger partial charge in [-0.3, -0.25) is 4.79 Å². The highest BCUT2D eigenvalue weighted by Crippen LogP contribution is 2.29. The van der Waals surface area contributed by atoms with Gasteiger partial charge in [-0.15, -0.1) is 0 Å². The third kappa shape index (κ3) is 6.23. The molecule has 3 aromatic carbocycles. The van der Waals surface area contributed by atoms with Crippen LogP contribution < -0.4 is 19.6 Å². The molecule has 0 bridgehead atoms. The van der Waals surface area contributed by atoms with E-state index < -0.39 is 0 Å². The Kier molecular flexibility index (Phi) is 7.90. The van der Waals surface area contributed by atoms with Gasteiger partial charge in [-0.1, -0.05) is 35.9 Å². The van der Waals surface area contributed by atoms with Gasteiger partial charge in [-0.2, -0.15) is 5.10 Å². The van der Waals surface area contributed by atoms with Gasteiger partial charge >= 0.3 is 0 Å². The monoisotopic (exact) mass is 438 g/mol. The lowest BCUT2D eigenvalue weighted by Crippen LogP contribution is -2.18. The van der Waals surface area contributed by atoms with Crippen molar-refractivity contribution in [3.8, 4) is 17.2 Å². The van der Waals surface area contributed by atoms with Gasteiger partial charge in [0.15, 0.2) is 11.5 Å². The zero-order chi connectivity index (χ0) is 22.1. The van der Waals surface area contributed by atoms with E-state index in [0.29, 0.717) is 41.0 Å². The van der Waals surface area contributed by atoms with E-state index in [9.17, 15) is 4.79 Å². The van der Waals surface area contributed by atoms with Crippen molar-refractivity contribution in [3.63, 3.8) is 0 Å². The lowest BCUT2D eigenvalue weighted by atomic mass is 10.2. The van der Waals surface area contributed by atoms with E-state index in [2.05, 4.69) is 10.5 Å². The molecule has 3 aromatic rings. The fourth-order valence-electron chi connectivity index (χ4n) is 2.79. The van der Waals surface area contributed by atoms with Crippen molar-refractivity contribution in [1.29, 1.82) is 0 Å². The Labute approximate surface area is 186 Å². The topological polar surface area (TPSA) is 69.2 Å². The second-order valence-electron chi connectivity index (χ2n) is 6.45. The number of amides is 1. The first kappa shape index (κ1) is 22.2. The Morgan fingerprint density at radius 1 is 1.00 bits per heavy atom. The highest BCUT2D eigenvalue weighted by Gasteiger charge is 2.10. The summed E-state index contributed by atoms with van der Waals surface area (Å²) in [7, 11) is 1.52. The third-order valence-electron chi connectivity index (χ3n) is 4.31. The molecule has 3 rings (SSSR count). The molecule has 0 aliphatic heterocycles. The highest BCUT2D eigenvalue weighted by molar-refractivity contribution is 6.30. The number of carbonyl (C=O) groups excluding carboxylic acids is 1. The smallest absolute Gasteiger partial charge is 0.275 e. The van der Waals surface area contributed by atoms with Crippen LogP contribution in [0.1, 0.15) is 28.4 Å². The van der Waals surface area contributed by atoms with Gasteiger partial charge < -0.3 is 14.2 Å². The number of hydrazone groups is 1. The molecule has 0 saturated carbocycles. The Hall–Kier alpha value is -3.51. The largest absolute Gasteiger partial charge is 0.496 e. The van der Waals surface area contributed by atoms with Crippen molar-refractivity contribution in [1.82, 2.24) is 5.43 Å². The van der Waals surface area contributed by atoms with Gasteiger partial charge in [-0.25, -0.2) is 5.43 Å². The number of para-hydroxylation sites is 1. The van der Waals surface area contributed by atoms with Crippen molar-refractivity contribution >= 4 is 23.7 Å². The number of carbonyl (C=O) groups is 1. The van der Waals surface area contributed by atoms with E-state index in [4.69, 9.17) is 25.8 Å². The standard InChI is InChI=1S/C24H23ClN2O4/c1-3-30-23-14-18(10-13-22(23)31-16-17-8-11-19(25)12-9-17)15-26-27-24(28)20-6-4-5-7-21(20)29-2/h4-15H,3,16H2,1-2H3,(H,27,28)/b26-15-. The lowest BCUT2D eigenvalue weighted by molar-refractivity contribution is 0.0952. The molecule has 0 aromatic heterocycles. The molecule has 0 atom stereocenters. The average molecular weight is 439 g/mol. The Bertz CT molecular complexity index is 1050. The van der Waals surface area contributed by atoms with E-state index in [-0.39, 0.29) is 5.91 Å². The van der Waals surface area contributed by atoms with E-state index in [1.54, 1.807) is 36.5 Å². The van der Waals surface area contributed by atoms with Crippen molar-refractivity contribution < 1.29 is 19.0 Å². The number of hydrogen-bond acceptors (Lipinski definition) is 5. The Balaban J connectivity index is 1.66. The van der Waals surface area contributed by atoms with Crippen LogP contribution in [0.5, 0.6) is 17.2 Å². The van der Waals surface area contributed by atoms with E-state index in [0.717, 1.165) is 11.1 Å². The zero-order valence-electron chi connectivity index (χ0n) is 17.3. The van der Waals surface area contributed by atoms with Crippen molar-refractivity contribution in [3.05, 3.63) is 88.4 Å². The van der Waals surface area contributed by atoms with Crippen molar-refractivity contribution in [2.24, 2.45) is 5.10 Å². The third-order valence-corrected chi connectivity index (χ3v) is 4.56. The second-order valence-corrected chi connectivity index (χ2v) is 6.89. The summed E-state index contributed by atoms with van der Waals surface area (Å²) in [5.41, 5.74) is 4.66. The molecule has 1 amide bonds. The van der Waals surface area contributed by atoms with Crippen LogP contribution in [0.25, 0.3) is 0 Å². The molecule has 1 N–H and O–H groups in total. The molecule has 0 heterocycles. The van der Waals surface area contributed by atoms with E-state index in [1.807, 2.05) is 43.3 Å². The molecule has 160 valence electrons. The summed E-state index contributed by atoms with van der Waals surface area (Å²) in [6.07, 6.45) is 1.54. The first-order chi connectivity index (χ1) is 15.1. The zero-order valence-corrected chi connectivity index (χ0v) is 18.1. The summed E-state index contributed by atoms with van der Waals surface area (Å²) in [6, 6.07) is 19.9. The maximum atomic E-state index is 12.3. The summed E-state index contributed by atoms with van der Waals surface area (Å²) in [5, 5.41) is 4.72. The first-order valence-electron chi connectivity index (χ1n) is 9.71. The molecule has 0 saturated heterocycles. The Morgan fingerprint density at radius 2 is 1.77 bits per heavy atom. The molecule has 0 fully saturated rings. The van der Waals surface area contributed by atoms with E-state index in [1.165, 1.54) is 7.11 Å². The number of rotatable bonds is 9. The minimum Gasteiger partial charge on any atom is -0.496 e. The van der Waals surface area contributed by atoms with E-state index >= 15 is 0 Å². The van der Waals surface area contributed by atoms with Gasteiger partial charge in [0, 0.05) is 5.02 Å². The van der Waals surface area contributed by atoms with Crippen LogP contribution in [0.2, 0.25) is 5.02 Å². The second kappa shape index (κ2) is 11.0. The summed E-state index contributed by atoms with van der Waals surface area (Å²) >= 11 is 5.92. The predicted octanol–water partition coefficient (Wildman–Crippen LogP) is 5.09. The SMILES string of the molecule is CCOc1cc(/C=N\NC(=O)c2ccccc2OC)ccc1OCc1ccc(Cl)cc1. The first-order valence-corrected chi connectivity index (χ1v) is 10.1. The maximum absolute atomic E-state index is 12.3. The number of ether oxygens (including phenoxy) is 3. The Morgan fingerprint density at radius 3 is 2.52 bits per heavy atom. The quantitative estimate of drug-likeness (QED) is 0.373. The number of nitrogens with zero attached hydrogens (tertiary/aromatic N) is 1. The number of halogens is 1. The highest BCUT2D eigenvalue weighted by atomic mass is 35.5. The van der Waals surface area contributed by atoms with Crippen molar-refractivity contribution in [2.45, 2.75) is 13.5 Å². The molecule has 31 heavy (non-hydrogen) atoms. The molecular formula is C24H23ClN2O4. The van der Waals surface area contributed by atoms with Crippen LogP contribution in [0.15, 0.2) is 71.8 Å². The van der Waals surface area contributed by atoms with Crippen LogP contribution in [-0.2, 0) is 6.61 Å². The number of hydrogen-bond donors (Lipinski definition) is 1. The molecule has 0 radical (unpaired) electrons. The minimum absolute atomic E-state index is 0.360. The molecule has 0 unspecified atom stereocenters. The summed E-state index contributed by atoms with van der Waals surface area (Å²) in [4.78, 5) is 12.3. The molecule has 0 aliphatic rings. The molecule has 6 nitrogen and oxygen atoms in total. The van der Waals surface area contributed by atoms with Crippen LogP contribution in [0.4, 0.5) is 0 Å². The summed E-state index contributed by atoms with van der Waals surface area (Å²) in [5.74, 6) is 1.33. The van der Waals surface area contributed by atoms with Crippen LogP contribution >= 0.6 is 11.6 Å². The van der Waals surface area contributed by atoms with Gasteiger partial charge in [0.05, 0.1) is 25.5 Å². The molecule has 0 spiro atoms. The minimum atomic E-state index is -0.360. The predicted molar refractivity (Wildman–Crippen MR) is 121 cm³/mol. The fourth-order valence-corrected chi connectivity index (χ4v) is 2.92. The van der Waals surface area contributed by atoms with Crippen molar-refractivity contribution in [2.75, 3.05) is 13.7 Å². The summed E-state index contributed by atoms with van der Waals surface area (Å²) in [6.45, 7) is 2.78. The van der Waals surface area contributed by atoms with Crippen LogP contribution in [0, 0.1) is 0 Å². The van der Waals surface area contributed by atoms with Gasteiger partial charge in [0.2, 0.25) is 0 Å². The number of methoxy groups -OCH3 is 1. The fraction of sp³-hybridized carbons (Fsp3) is 0.167. The maximum Gasteiger partial charge on any atom is 0.275 e. The normalized spacial score (nSPS) is 10.7. The number of benzene rings is 3. The number of nitrogens with one attached hydrogen (secondary N) is 1. The summed E-state index contributed by atoms with van der Waals surface area (Å²) < 4.78 is 16.8. The molecule has 7 heteroatoms. The van der Waals surface area contributed by atoms with Crippen LogP contribution in [-0.4, -0.2) is 25.8 Å². The lowest BCUT2D eigenvalue weighted by Gasteiger charge is -2.12. The average Bonchev–Trinajstić information content (AvgIpc) is 2.79. The van der Waals surface area contributed by atoms with Gasteiger partial charge in [0.25, 0.3) is 5.91 Å². The van der Waals surface area contributed by atoms with Gasteiger partial charge in [-0.05, 0) is 60.5 Å². The van der Waals surface area contributed by atoms with Gasteiger partial charge in [0.1, 0.15) is 12.4 Å². The molecular weight excluding hydrogens is 416 g/mol.